The molecule has 1 aliphatic rings. The Morgan fingerprint density at radius 2 is 2.24 bits per heavy atom. The van der Waals surface area contributed by atoms with Gasteiger partial charge in [-0.25, -0.2) is 9.78 Å². The molecular weight excluding hydrogens is 330 g/mol. The SMILES string of the molecule is C[C@@H](O)[C@H](N)C(=O)N1CCC[C@H]1C(=O)N[C@@H](Cc1cnc[nH]1)C(=O)O. The molecule has 2 heterocycles. The zero-order valence-electron chi connectivity index (χ0n) is 13.9. The van der Waals surface area contributed by atoms with Gasteiger partial charge in [0.1, 0.15) is 18.1 Å². The number of aromatic nitrogens is 2. The lowest BCUT2D eigenvalue weighted by Crippen LogP contribution is -2.56. The van der Waals surface area contributed by atoms with Crippen molar-refractivity contribution in [3.8, 4) is 0 Å². The van der Waals surface area contributed by atoms with E-state index in [9.17, 15) is 24.6 Å². The predicted molar refractivity (Wildman–Crippen MR) is 86.2 cm³/mol. The van der Waals surface area contributed by atoms with E-state index >= 15 is 0 Å². The molecular formula is C15H23N5O5. The van der Waals surface area contributed by atoms with Crippen molar-refractivity contribution in [2.75, 3.05) is 6.54 Å². The largest absolute Gasteiger partial charge is 0.480 e. The van der Waals surface area contributed by atoms with Crippen molar-refractivity contribution in [3.63, 3.8) is 0 Å². The van der Waals surface area contributed by atoms with Gasteiger partial charge in [0.15, 0.2) is 0 Å². The van der Waals surface area contributed by atoms with Crippen molar-refractivity contribution in [2.24, 2.45) is 5.73 Å². The lowest BCUT2D eigenvalue weighted by molar-refractivity contribution is -0.144. The molecule has 138 valence electrons. The fraction of sp³-hybridized carbons (Fsp3) is 0.600. The van der Waals surface area contributed by atoms with Gasteiger partial charge in [-0.3, -0.25) is 9.59 Å². The molecule has 1 fully saturated rings. The van der Waals surface area contributed by atoms with Crippen LogP contribution >= 0.6 is 0 Å². The Hall–Kier alpha value is -2.46. The fourth-order valence-corrected chi connectivity index (χ4v) is 2.79. The van der Waals surface area contributed by atoms with E-state index in [0.717, 1.165) is 0 Å². The summed E-state index contributed by atoms with van der Waals surface area (Å²) in [5.74, 6) is -2.25. The predicted octanol–water partition coefficient (Wildman–Crippen LogP) is -1.78. The molecule has 2 amide bonds. The molecule has 10 heteroatoms. The lowest BCUT2D eigenvalue weighted by atomic mass is 10.1. The second kappa shape index (κ2) is 8.08. The Balaban J connectivity index is 2.04. The van der Waals surface area contributed by atoms with Gasteiger partial charge in [0.05, 0.1) is 12.4 Å². The number of carbonyl (C=O) groups is 3. The number of carboxylic acid groups (broad SMARTS) is 1. The van der Waals surface area contributed by atoms with Gasteiger partial charge in [0, 0.05) is 24.9 Å². The number of aliphatic carboxylic acids is 1. The van der Waals surface area contributed by atoms with Crippen LogP contribution in [-0.2, 0) is 20.8 Å². The highest BCUT2D eigenvalue weighted by Gasteiger charge is 2.38. The van der Waals surface area contributed by atoms with Crippen LogP contribution in [0.1, 0.15) is 25.5 Å². The van der Waals surface area contributed by atoms with Crippen LogP contribution < -0.4 is 11.1 Å². The number of nitrogens with one attached hydrogen (secondary N) is 2. The Morgan fingerprint density at radius 3 is 2.80 bits per heavy atom. The number of nitrogens with two attached hydrogens (primary N) is 1. The monoisotopic (exact) mass is 353 g/mol. The zero-order chi connectivity index (χ0) is 18.6. The molecule has 25 heavy (non-hydrogen) atoms. The topological polar surface area (TPSA) is 162 Å². The van der Waals surface area contributed by atoms with Crippen molar-refractivity contribution < 1.29 is 24.6 Å². The van der Waals surface area contributed by atoms with Crippen LogP contribution in [-0.4, -0.2) is 73.6 Å². The van der Waals surface area contributed by atoms with Crippen molar-refractivity contribution in [2.45, 2.75) is 50.4 Å². The Labute approximate surface area is 144 Å². The molecule has 0 bridgehead atoms. The van der Waals surface area contributed by atoms with E-state index in [2.05, 4.69) is 15.3 Å². The van der Waals surface area contributed by atoms with E-state index < -0.39 is 42.0 Å². The van der Waals surface area contributed by atoms with Crippen LogP contribution in [0.2, 0.25) is 0 Å². The van der Waals surface area contributed by atoms with Gasteiger partial charge < -0.3 is 31.1 Å². The van der Waals surface area contributed by atoms with Crippen LogP contribution in [0.25, 0.3) is 0 Å². The number of H-pyrrole nitrogens is 1. The third kappa shape index (κ3) is 4.54. The summed E-state index contributed by atoms with van der Waals surface area (Å²) in [5, 5.41) is 21.3. The summed E-state index contributed by atoms with van der Waals surface area (Å²) in [6, 6.07) is -3.05. The number of aliphatic hydroxyl groups excluding tert-OH is 1. The van der Waals surface area contributed by atoms with Crippen LogP contribution in [0.4, 0.5) is 0 Å². The number of carboxylic acids is 1. The molecule has 2 rings (SSSR count). The van der Waals surface area contributed by atoms with E-state index in [1.807, 2.05) is 0 Å². The van der Waals surface area contributed by atoms with Crippen LogP contribution in [0.15, 0.2) is 12.5 Å². The normalized spacial score (nSPS) is 20.8. The molecule has 1 saturated heterocycles. The molecule has 0 saturated carbocycles. The lowest BCUT2D eigenvalue weighted by Gasteiger charge is -2.28. The zero-order valence-corrected chi connectivity index (χ0v) is 13.9. The molecule has 0 unspecified atom stereocenters. The van der Waals surface area contributed by atoms with Gasteiger partial charge in [-0.15, -0.1) is 0 Å². The van der Waals surface area contributed by atoms with Crippen molar-refractivity contribution >= 4 is 17.8 Å². The molecule has 1 aromatic rings. The number of likely N-dealkylation sites (tertiary alicyclic amines) is 1. The number of imidazole rings is 1. The summed E-state index contributed by atoms with van der Waals surface area (Å²) in [5.41, 5.74) is 6.24. The summed E-state index contributed by atoms with van der Waals surface area (Å²) >= 11 is 0. The molecule has 0 radical (unpaired) electrons. The minimum Gasteiger partial charge on any atom is -0.480 e. The number of aromatic amines is 1. The highest BCUT2D eigenvalue weighted by molar-refractivity contribution is 5.92. The van der Waals surface area contributed by atoms with Crippen LogP contribution in [0.3, 0.4) is 0 Å². The quantitative estimate of drug-likeness (QED) is 0.387. The van der Waals surface area contributed by atoms with Gasteiger partial charge in [0.25, 0.3) is 0 Å². The van der Waals surface area contributed by atoms with Crippen LogP contribution in [0.5, 0.6) is 0 Å². The Kier molecular flexibility index (Phi) is 6.10. The minimum absolute atomic E-state index is 0.0505. The summed E-state index contributed by atoms with van der Waals surface area (Å²) in [4.78, 5) is 44.1. The standard InChI is InChI=1S/C15H23N5O5/c1-8(21)12(16)14(23)20-4-2-3-11(20)13(22)19-10(15(24)25)5-9-6-17-7-18-9/h6-8,10-12,21H,2-5,16H2,1H3,(H,17,18)(H,19,22)(H,24,25)/t8-,10+,11+,12+/m1/s1. The second-order valence-electron chi connectivity index (χ2n) is 6.14. The number of amides is 2. The third-order valence-electron chi connectivity index (χ3n) is 4.24. The first kappa shape index (κ1) is 18.9. The molecule has 10 nitrogen and oxygen atoms in total. The van der Waals surface area contributed by atoms with E-state index in [1.165, 1.54) is 24.3 Å². The molecule has 6 N–H and O–H groups in total. The number of nitrogens with zero attached hydrogens (tertiary/aromatic N) is 2. The van der Waals surface area contributed by atoms with Crippen molar-refractivity contribution in [3.05, 3.63) is 18.2 Å². The number of rotatable bonds is 7. The van der Waals surface area contributed by atoms with Crippen molar-refractivity contribution in [1.82, 2.24) is 20.2 Å². The first-order valence-electron chi connectivity index (χ1n) is 8.05. The number of hydrogen-bond acceptors (Lipinski definition) is 6. The fourth-order valence-electron chi connectivity index (χ4n) is 2.79. The van der Waals surface area contributed by atoms with Crippen LogP contribution in [0, 0.1) is 0 Å². The molecule has 1 aromatic heterocycles. The van der Waals surface area contributed by atoms with Crippen molar-refractivity contribution in [1.29, 1.82) is 0 Å². The summed E-state index contributed by atoms with van der Waals surface area (Å²) in [7, 11) is 0. The minimum atomic E-state index is -1.18. The average molecular weight is 353 g/mol. The second-order valence-corrected chi connectivity index (χ2v) is 6.14. The maximum absolute atomic E-state index is 12.5. The maximum Gasteiger partial charge on any atom is 0.326 e. The maximum atomic E-state index is 12.5. The van der Waals surface area contributed by atoms with Gasteiger partial charge in [-0.2, -0.15) is 0 Å². The van der Waals surface area contributed by atoms with Gasteiger partial charge >= 0.3 is 5.97 Å². The summed E-state index contributed by atoms with van der Waals surface area (Å²) < 4.78 is 0. The van der Waals surface area contributed by atoms with Gasteiger partial charge in [0.2, 0.25) is 11.8 Å². The Bertz CT molecular complexity index is 618. The summed E-state index contributed by atoms with van der Waals surface area (Å²) in [6.07, 6.45) is 2.94. The first-order chi connectivity index (χ1) is 11.8. The molecule has 0 spiro atoms. The molecule has 0 aliphatic carbocycles. The molecule has 1 aliphatic heterocycles. The average Bonchev–Trinajstić information content (AvgIpc) is 3.23. The van der Waals surface area contributed by atoms with E-state index in [4.69, 9.17) is 5.73 Å². The highest BCUT2D eigenvalue weighted by atomic mass is 16.4. The number of aliphatic hydroxyl groups is 1. The number of carbonyl (C=O) groups excluding carboxylic acids is 2. The van der Waals surface area contributed by atoms with Gasteiger partial charge in [-0.1, -0.05) is 0 Å². The van der Waals surface area contributed by atoms with E-state index in [0.29, 0.717) is 25.1 Å². The third-order valence-corrected chi connectivity index (χ3v) is 4.24. The molecule has 0 aromatic carbocycles. The first-order valence-corrected chi connectivity index (χ1v) is 8.05. The van der Waals surface area contributed by atoms with Gasteiger partial charge in [-0.05, 0) is 19.8 Å². The smallest absolute Gasteiger partial charge is 0.326 e. The molecule has 4 atom stereocenters. The van der Waals surface area contributed by atoms with E-state index in [-0.39, 0.29) is 6.42 Å². The highest BCUT2D eigenvalue weighted by Crippen LogP contribution is 2.19. The Morgan fingerprint density at radius 1 is 1.52 bits per heavy atom. The van der Waals surface area contributed by atoms with E-state index in [1.54, 1.807) is 0 Å². The number of hydrogen-bond donors (Lipinski definition) is 5. The summed E-state index contributed by atoms with van der Waals surface area (Å²) in [6.45, 7) is 1.74.